The van der Waals surface area contributed by atoms with Gasteiger partial charge in [-0.15, -0.1) is 0 Å². The molecule has 10 nitrogen and oxygen atoms in total. The van der Waals surface area contributed by atoms with Gasteiger partial charge in [0.2, 0.25) is 0 Å². The molecule has 42 heavy (non-hydrogen) atoms. The molecule has 1 fully saturated rings. The lowest BCUT2D eigenvalue weighted by Crippen LogP contribution is -2.35. The highest BCUT2D eigenvalue weighted by Gasteiger charge is 2.38. The predicted molar refractivity (Wildman–Crippen MR) is 139 cm³/mol. The van der Waals surface area contributed by atoms with E-state index in [9.17, 15) is 31.1 Å². The largest absolute Gasteiger partial charge is 0.490 e. The Kier molecular flexibility index (Phi) is 12.3. The smallest absolute Gasteiger partial charge is 0.475 e. The average molecular weight is 606 g/mol. The Morgan fingerprint density at radius 3 is 1.93 bits per heavy atom. The first-order valence-corrected chi connectivity index (χ1v) is 12.5. The third-order valence-corrected chi connectivity index (χ3v) is 5.87. The summed E-state index contributed by atoms with van der Waals surface area (Å²) in [6.45, 7) is 5.49. The number of carboxylic acid groups (broad SMARTS) is 2. The van der Waals surface area contributed by atoms with Gasteiger partial charge in [0.1, 0.15) is 5.52 Å². The summed E-state index contributed by atoms with van der Waals surface area (Å²) in [5, 5.41) is 23.2. The molecule has 1 aromatic heterocycles. The molecule has 0 spiro atoms. The summed E-state index contributed by atoms with van der Waals surface area (Å²) in [7, 11) is 0. The van der Waals surface area contributed by atoms with E-state index in [4.69, 9.17) is 25.5 Å². The summed E-state index contributed by atoms with van der Waals surface area (Å²) < 4.78 is 65.3. The molecular formula is C26H29F6N5O5. The van der Waals surface area contributed by atoms with E-state index in [0.29, 0.717) is 11.1 Å². The third kappa shape index (κ3) is 11.0. The summed E-state index contributed by atoms with van der Waals surface area (Å²) >= 11 is 0. The van der Waals surface area contributed by atoms with Crippen LogP contribution in [0.3, 0.4) is 0 Å². The summed E-state index contributed by atoms with van der Waals surface area (Å²) in [5.74, 6) is -5.97. The topological polar surface area (TPSA) is 151 Å². The fourth-order valence-corrected chi connectivity index (χ4v) is 3.80. The number of primary amides is 1. The van der Waals surface area contributed by atoms with E-state index in [1.54, 1.807) is 10.7 Å². The molecule has 0 atom stereocenters. The Bertz CT molecular complexity index is 1310. The minimum Gasteiger partial charge on any atom is -0.475 e. The molecule has 1 saturated heterocycles. The average Bonchev–Trinajstić information content (AvgIpc) is 3.36. The molecule has 2 heterocycles. The number of carbonyl (C=O) groups is 3. The molecule has 1 amide bonds. The molecule has 3 aromatic rings. The van der Waals surface area contributed by atoms with E-state index in [0.717, 1.165) is 30.7 Å². The zero-order valence-corrected chi connectivity index (χ0v) is 22.1. The standard InChI is InChI=1S/C22H27N5O.2C2HF3O2/c23-22(28)20-6-4-5-18-16-27(25-21(18)20)19-9-7-17(8-10-19)15-24-11-14-26-12-2-1-3-13-26;2*3-2(4,5)1(6)7/h4-10,16,24H,1-3,11-15H2,(H2,23,28);2*(H,6,7). The second kappa shape index (κ2) is 15.2. The maximum atomic E-state index is 11.6. The zero-order valence-electron chi connectivity index (χ0n) is 22.1. The number of carboxylic acids is 2. The molecule has 16 heteroatoms. The van der Waals surface area contributed by atoms with Crippen molar-refractivity contribution in [2.45, 2.75) is 38.2 Å². The second-order valence-electron chi connectivity index (χ2n) is 9.03. The number of carbonyl (C=O) groups excluding carboxylic acids is 1. The monoisotopic (exact) mass is 605 g/mol. The first kappa shape index (κ1) is 34.0. The minimum absolute atomic E-state index is 0.450. The van der Waals surface area contributed by atoms with E-state index >= 15 is 0 Å². The molecule has 0 unspecified atom stereocenters. The molecule has 2 aromatic carbocycles. The Morgan fingerprint density at radius 2 is 1.43 bits per heavy atom. The quantitative estimate of drug-likeness (QED) is 0.234. The lowest BCUT2D eigenvalue weighted by molar-refractivity contribution is -0.193. The molecule has 1 aliphatic rings. The van der Waals surface area contributed by atoms with Crippen LogP contribution >= 0.6 is 0 Å². The maximum absolute atomic E-state index is 11.6. The van der Waals surface area contributed by atoms with Gasteiger partial charge in [0, 0.05) is 31.2 Å². The Hall–Kier alpha value is -4.18. The first-order chi connectivity index (χ1) is 19.6. The van der Waals surface area contributed by atoms with Crippen molar-refractivity contribution in [1.82, 2.24) is 20.0 Å². The number of amides is 1. The maximum Gasteiger partial charge on any atom is 0.490 e. The Balaban J connectivity index is 0.000000367. The fraction of sp³-hybridized carbons (Fsp3) is 0.385. The summed E-state index contributed by atoms with van der Waals surface area (Å²) in [6, 6.07) is 13.8. The van der Waals surface area contributed by atoms with Crippen LogP contribution in [-0.2, 0) is 16.1 Å². The van der Waals surface area contributed by atoms with E-state index in [-0.39, 0.29) is 0 Å². The van der Waals surface area contributed by atoms with Gasteiger partial charge in [0.05, 0.1) is 11.3 Å². The minimum atomic E-state index is -5.08. The fourth-order valence-electron chi connectivity index (χ4n) is 3.80. The number of piperidine rings is 1. The number of halogens is 6. The second-order valence-corrected chi connectivity index (χ2v) is 9.03. The zero-order chi connectivity index (χ0) is 31.5. The third-order valence-electron chi connectivity index (χ3n) is 5.87. The van der Waals surface area contributed by atoms with Crippen molar-refractivity contribution < 1.29 is 50.9 Å². The highest BCUT2D eigenvalue weighted by molar-refractivity contribution is 6.04. The Labute approximate surface area is 235 Å². The molecule has 230 valence electrons. The van der Waals surface area contributed by atoms with Crippen LogP contribution in [0.15, 0.2) is 48.7 Å². The van der Waals surface area contributed by atoms with Crippen LogP contribution in [0, 0.1) is 0 Å². The number of aromatic nitrogens is 2. The number of benzene rings is 2. The van der Waals surface area contributed by atoms with Gasteiger partial charge in [-0.1, -0.05) is 30.7 Å². The number of hydrogen-bond donors (Lipinski definition) is 4. The van der Waals surface area contributed by atoms with Gasteiger partial charge in [-0.3, -0.25) is 4.79 Å². The van der Waals surface area contributed by atoms with Crippen LogP contribution in [0.2, 0.25) is 0 Å². The van der Waals surface area contributed by atoms with Crippen molar-refractivity contribution in [2.24, 2.45) is 5.73 Å². The summed E-state index contributed by atoms with van der Waals surface area (Å²) in [5.41, 5.74) is 8.75. The lowest BCUT2D eigenvalue weighted by Gasteiger charge is -2.26. The SMILES string of the molecule is NC(=O)c1cccc2cn(-c3ccc(CNCCN4CCCCC4)cc3)nc12.O=C(O)C(F)(F)F.O=C(O)C(F)(F)F. The summed E-state index contributed by atoms with van der Waals surface area (Å²) in [4.78, 5) is 31.9. The number of likely N-dealkylation sites (tertiary alicyclic amines) is 1. The normalized spacial score (nSPS) is 13.9. The molecule has 0 bridgehead atoms. The lowest BCUT2D eigenvalue weighted by atomic mass is 10.1. The number of nitrogens with one attached hydrogen (secondary N) is 1. The number of nitrogens with two attached hydrogens (primary N) is 1. The van der Waals surface area contributed by atoms with Crippen LogP contribution in [-0.4, -0.2) is 81.3 Å². The van der Waals surface area contributed by atoms with Gasteiger partial charge in [-0.05, 0) is 49.7 Å². The van der Waals surface area contributed by atoms with E-state index in [2.05, 4.69) is 39.6 Å². The number of aliphatic carboxylic acids is 2. The molecule has 0 aliphatic carbocycles. The van der Waals surface area contributed by atoms with Gasteiger partial charge in [0.15, 0.2) is 0 Å². The molecule has 5 N–H and O–H groups in total. The van der Waals surface area contributed by atoms with Crippen molar-refractivity contribution in [3.05, 3.63) is 59.8 Å². The number of nitrogens with zero attached hydrogens (tertiary/aromatic N) is 3. The highest BCUT2D eigenvalue weighted by Crippen LogP contribution is 2.20. The number of hydrogen-bond acceptors (Lipinski definition) is 6. The van der Waals surface area contributed by atoms with Crippen molar-refractivity contribution >= 4 is 28.7 Å². The number of rotatable bonds is 7. The van der Waals surface area contributed by atoms with E-state index in [1.807, 2.05) is 18.3 Å². The van der Waals surface area contributed by atoms with Gasteiger partial charge in [0.25, 0.3) is 5.91 Å². The van der Waals surface area contributed by atoms with Gasteiger partial charge >= 0.3 is 24.3 Å². The highest BCUT2D eigenvalue weighted by atomic mass is 19.4. The molecular weight excluding hydrogens is 576 g/mol. The van der Waals surface area contributed by atoms with Crippen molar-refractivity contribution in [2.75, 3.05) is 26.2 Å². The van der Waals surface area contributed by atoms with Gasteiger partial charge in [-0.25, -0.2) is 14.3 Å². The van der Waals surface area contributed by atoms with Crippen LogP contribution in [0.5, 0.6) is 0 Å². The van der Waals surface area contributed by atoms with Gasteiger partial charge < -0.3 is 26.2 Å². The first-order valence-electron chi connectivity index (χ1n) is 12.5. The van der Waals surface area contributed by atoms with Crippen LogP contribution in [0.4, 0.5) is 26.3 Å². The predicted octanol–water partition coefficient (Wildman–Crippen LogP) is 3.97. The Morgan fingerprint density at radius 1 is 0.881 bits per heavy atom. The van der Waals surface area contributed by atoms with Crippen LogP contribution in [0.1, 0.15) is 35.2 Å². The summed E-state index contributed by atoms with van der Waals surface area (Å²) in [6.07, 6.45) is -4.19. The molecule has 1 aliphatic heterocycles. The van der Waals surface area contributed by atoms with Crippen molar-refractivity contribution in [1.29, 1.82) is 0 Å². The van der Waals surface area contributed by atoms with Crippen LogP contribution in [0.25, 0.3) is 16.6 Å². The molecule has 0 radical (unpaired) electrons. The van der Waals surface area contributed by atoms with Crippen molar-refractivity contribution in [3.63, 3.8) is 0 Å². The molecule has 4 rings (SSSR count). The number of alkyl halides is 6. The van der Waals surface area contributed by atoms with E-state index in [1.165, 1.54) is 37.9 Å². The van der Waals surface area contributed by atoms with Crippen molar-refractivity contribution in [3.8, 4) is 5.69 Å². The van der Waals surface area contributed by atoms with Gasteiger partial charge in [-0.2, -0.15) is 31.4 Å². The van der Waals surface area contributed by atoms with E-state index < -0.39 is 30.2 Å². The number of fused-ring (bicyclic) bond motifs is 1. The van der Waals surface area contributed by atoms with Crippen LogP contribution < -0.4 is 11.1 Å². The molecule has 0 saturated carbocycles.